The SMILES string of the molecule is COc1ccccc1CC(=O)N1CCCC[C@](CCOS(C)(=O)=O)(c2ccc(Cl)c(Cl)c2)C1. The second-order valence-corrected chi connectivity index (χ2v) is 10.9. The summed E-state index contributed by atoms with van der Waals surface area (Å²) in [6, 6.07) is 13.0. The first-order valence-electron chi connectivity index (χ1n) is 10.8. The van der Waals surface area contributed by atoms with Gasteiger partial charge in [0, 0.05) is 24.1 Å². The average Bonchev–Trinajstić information content (AvgIpc) is 2.99. The summed E-state index contributed by atoms with van der Waals surface area (Å²) in [5, 5.41) is 0.870. The van der Waals surface area contributed by atoms with Gasteiger partial charge in [-0.25, -0.2) is 0 Å². The second kappa shape index (κ2) is 11.1. The van der Waals surface area contributed by atoms with Crippen molar-refractivity contribution in [1.82, 2.24) is 4.90 Å². The standard InChI is InChI=1S/C24H29Cl2NO5S/c1-31-22-8-4-3-7-18(22)15-23(28)27-13-6-5-11-24(17-27,12-14-32-33(2,29)30)19-9-10-20(25)21(26)16-19/h3-4,7-10,16H,5-6,11-15,17H2,1-2H3/t24-/m1/s1. The van der Waals surface area contributed by atoms with E-state index in [1.807, 2.05) is 41.3 Å². The smallest absolute Gasteiger partial charge is 0.264 e. The van der Waals surface area contributed by atoms with Gasteiger partial charge in [0.15, 0.2) is 0 Å². The summed E-state index contributed by atoms with van der Waals surface area (Å²) >= 11 is 12.5. The molecule has 1 amide bonds. The van der Waals surface area contributed by atoms with Crippen LogP contribution >= 0.6 is 23.2 Å². The lowest BCUT2D eigenvalue weighted by atomic mass is 9.74. The van der Waals surface area contributed by atoms with Crippen LogP contribution in [0.2, 0.25) is 10.0 Å². The van der Waals surface area contributed by atoms with E-state index in [2.05, 4.69) is 0 Å². The molecule has 0 saturated carbocycles. The Hall–Kier alpha value is -1.80. The first kappa shape index (κ1) is 25.8. The molecule has 1 heterocycles. The van der Waals surface area contributed by atoms with Crippen LogP contribution in [0, 0.1) is 0 Å². The van der Waals surface area contributed by atoms with E-state index < -0.39 is 15.5 Å². The highest BCUT2D eigenvalue weighted by Gasteiger charge is 2.37. The quantitative estimate of drug-likeness (QED) is 0.471. The fourth-order valence-electron chi connectivity index (χ4n) is 4.42. The monoisotopic (exact) mass is 513 g/mol. The van der Waals surface area contributed by atoms with Crippen molar-refractivity contribution in [3.05, 3.63) is 63.6 Å². The maximum Gasteiger partial charge on any atom is 0.264 e. The van der Waals surface area contributed by atoms with E-state index in [1.54, 1.807) is 13.2 Å². The summed E-state index contributed by atoms with van der Waals surface area (Å²) in [4.78, 5) is 15.2. The summed E-state index contributed by atoms with van der Waals surface area (Å²) in [5.74, 6) is 0.674. The number of benzene rings is 2. The lowest BCUT2D eigenvalue weighted by Crippen LogP contribution is -2.44. The second-order valence-electron chi connectivity index (χ2n) is 8.45. The molecule has 1 aliphatic rings. The fourth-order valence-corrected chi connectivity index (χ4v) is 5.11. The molecule has 0 spiro atoms. The number of carbonyl (C=O) groups is 1. The fraction of sp³-hybridized carbons (Fsp3) is 0.458. The minimum Gasteiger partial charge on any atom is -0.496 e. The topological polar surface area (TPSA) is 72.9 Å². The van der Waals surface area contributed by atoms with Crippen LogP contribution in [-0.4, -0.2) is 52.3 Å². The van der Waals surface area contributed by atoms with E-state index in [-0.39, 0.29) is 18.9 Å². The Morgan fingerprint density at radius 1 is 1.12 bits per heavy atom. The van der Waals surface area contributed by atoms with Crippen molar-refractivity contribution in [2.24, 2.45) is 0 Å². The number of rotatable bonds is 8. The van der Waals surface area contributed by atoms with E-state index >= 15 is 0 Å². The third kappa shape index (κ3) is 6.85. The normalized spacial score (nSPS) is 19.2. The Morgan fingerprint density at radius 3 is 2.58 bits per heavy atom. The van der Waals surface area contributed by atoms with Crippen LogP contribution in [0.4, 0.5) is 0 Å². The molecule has 1 aliphatic heterocycles. The molecule has 9 heteroatoms. The zero-order chi connectivity index (χ0) is 24.1. The predicted molar refractivity (Wildman–Crippen MR) is 131 cm³/mol. The Balaban J connectivity index is 1.90. The maximum absolute atomic E-state index is 13.4. The molecule has 0 bridgehead atoms. The molecule has 0 aliphatic carbocycles. The number of ether oxygens (including phenoxy) is 1. The number of halogens is 2. The molecule has 1 atom stereocenters. The minimum absolute atomic E-state index is 0.00475. The van der Waals surface area contributed by atoms with Gasteiger partial charge < -0.3 is 9.64 Å². The number of methoxy groups -OCH3 is 1. The largest absolute Gasteiger partial charge is 0.496 e. The summed E-state index contributed by atoms with van der Waals surface area (Å²) < 4.78 is 33.7. The number of para-hydroxylation sites is 1. The number of carbonyl (C=O) groups excluding carboxylic acids is 1. The van der Waals surface area contributed by atoms with Crippen molar-refractivity contribution in [1.29, 1.82) is 0 Å². The summed E-state index contributed by atoms with van der Waals surface area (Å²) in [6.07, 6.45) is 4.20. The van der Waals surface area contributed by atoms with Gasteiger partial charge in [0.2, 0.25) is 5.91 Å². The van der Waals surface area contributed by atoms with Gasteiger partial charge in [-0.3, -0.25) is 8.98 Å². The van der Waals surface area contributed by atoms with Crippen LogP contribution in [0.5, 0.6) is 5.75 Å². The molecule has 1 saturated heterocycles. The molecular weight excluding hydrogens is 485 g/mol. The highest BCUT2D eigenvalue weighted by atomic mass is 35.5. The highest BCUT2D eigenvalue weighted by Crippen LogP contribution is 2.39. The summed E-state index contributed by atoms with van der Waals surface area (Å²) in [7, 11) is -1.99. The zero-order valence-electron chi connectivity index (χ0n) is 18.9. The summed E-state index contributed by atoms with van der Waals surface area (Å²) in [5.41, 5.74) is 1.24. The lowest BCUT2D eigenvalue weighted by molar-refractivity contribution is -0.131. The van der Waals surface area contributed by atoms with Crippen molar-refractivity contribution >= 4 is 39.2 Å². The lowest BCUT2D eigenvalue weighted by Gasteiger charge is -2.37. The van der Waals surface area contributed by atoms with Gasteiger partial charge in [0.1, 0.15) is 5.75 Å². The predicted octanol–water partition coefficient (Wildman–Crippen LogP) is 4.86. The molecule has 0 radical (unpaired) electrons. The first-order chi connectivity index (χ1) is 15.6. The number of hydrogen-bond acceptors (Lipinski definition) is 5. The average molecular weight is 514 g/mol. The van der Waals surface area contributed by atoms with Gasteiger partial charge in [-0.1, -0.05) is 53.9 Å². The van der Waals surface area contributed by atoms with Crippen LogP contribution in [0.15, 0.2) is 42.5 Å². The van der Waals surface area contributed by atoms with Crippen molar-refractivity contribution < 1.29 is 22.1 Å². The molecule has 3 rings (SSSR count). The van der Waals surface area contributed by atoms with Crippen LogP contribution in [-0.2, 0) is 30.9 Å². The van der Waals surface area contributed by atoms with Crippen LogP contribution in [0.25, 0.3) is 0 Å². The van der Waals surface area contributed by atoms with E-state index in [4.69, 9.17) is 32.1 Å². The van der Waals surface area contributed by atoms with Crippen LogP contribution < -0.4 is 4.74 Å². The van der Waals surface area contributed by atoms with Crippen molar-refractivity contribution in [3.63, 3.8) is 0 Å². The zero-order valence-corrected chi connectivity index (χ0v) is 21.2. The van der Waals surface area contributed by atoms with Gasteiger partial charge in [-0.2, -0.15) is 8.42 Å². The Bertz CT molecular complexity index is 1090. The van der Waals surface area contributed by atoms with Gasteiger partial charge in [0.05, 0.1) is 36.4 Å². The number of likely N-dealkylation sites (tertiary alicyclic amines) is 1. The third-order valence-electron chi connectivity index (χ3n) is 6.12. The number of amides is 1. The molecule has 180 valence electrons. The van der Waals surface area contributed by atoms with Crippen LogP contribution in [0.1, 0.15) is 36.8 Å². The number of hydrogen-bond donors (Lipinski definition) is 0. The van der Waals surface area contributed by atoms with Crippen LogP contribution in [0.3, 0.4) is 0 Å². The molecule has 0 N–H and O–H groups in total. The first-order valence-corrected chi connectivity index (χ1v) is 13.4. The maximum atomic E-state index is 13.4. The summed E-state index contributed by atoms with van der Waals surface area (Å²) in [6.45, 7) is 1.09. The van der Waals surface area contributed by atoms with Gasteiger partial charge in [0.25, 0.3) is 10.1 Å². The highest BCUT2D eigenvalue weighted by molar-refractivity contribution is 7.85. The third-order valence-corrected chi connectivity index (χ3v) is 7.46. The van der Waals surface area contributed by atoms with Gasteiger partial charge in [-0.05, 0) is 43.0 Å². The minimum atomic E-state index is -3.58. The Morgan fingerprint density at radius 2 is 1.88 bits per heavy atom. The Kier molecular flexibility index (Phi) is 8.67. The Labute approximate surface area is 205 Å². The molecule has 1 fully saturated rings. The van der Waals surface area contributed by atoms with Crippen molar-refractivity contribution in [2.75, 3.05) is 33.1 Å². The van der Waals surface area contributed by atoms with Crippen molar-refractivity contribution in [2.45, 2.75) is 37.5 Å². The molecule has 33 heavy (non-hydrogen) atoms. The molecular formula is C24H29Cl2NO5S. The van der Waals surface area contributed by atoms with Gasteiger partial charge >= 0.3 is 0 Å². The molecule has 2 aromatic rings. The van der Waals surface area contributed by atoms with E-state index in [0.717, 1.165) is 36.6 Å². The van der Waals surface area contributed by atoms with E-state index in [1.165, 1.54) is 0 Å². The van der Waals surface area contributed by atoms with Gasteiger partial charge in [-0.15, -0.1) is 0 Å². The molecule has 2 aromatic carbocycles. The molecule has 0 aromatic heterocycles. The van der Waals surface area contributed by atoms with E-state index in [0.29, 0.717) is 35.3 Å². The van der Waals surface area contributed by atoms with E-state index in [9.17, 15) is 13.2 Å². The molecule has 0 unspecified atom stereocenters. The van der Waals surface area contributed by atoms with Crippen molar-refractivity contribution in [3.8, 4) is 5.75 Å². The number of nitrogens with zero attached hydrogens (tertiary/aromatic N) is 1. The molecule has 6 nitrogen and oxygen atoms in total.